The van der Waals surface area contributed by atoms with Crippen molar-refractivity contribution in [1.29, 1.82) is 0 Å². The van der Waals surface area contributed by atoms with Gasteiger partial charge in [0, 0.05) is 23.1 Å². The summed E-state index contributed by atoms with van der Waals surface area (Å²) in [5.74, 6) is 1.66. The average molecular weight is 277 g/mol. The minimum atomic E-state index is 0.103. The summed E-state index contributed by atoms with van der Waals surface area (Å²) in [7, 11) is 0. The third-order valence-corrected chi connectivity index (χ3v) is 2.90. The minimum absolute atomic E-state index is 0.103. The normalized spacial score (nSPS) is 10.6. The first-order valence-corrected chi connectivity index (χ1v) is 6.83. The zero-order chi connectivity index (χ0) is 15.3. The monoisotopic (exact) mass is 277 g/mol. The van der Waals surface area contributed by atoms with E-state index in [1.807, 2.05) is 26.8 Å². The molecule has 0 aliphatic carbocycles. The Morgan fingerprint density at radius 2 is 1.70 bits per heavy atom. The number of aromatic nitrogens is 1. The number of rotatable bonds is 2. The molecule has 0 bridgehead atoms. The second-order valence-electron chi connectivity index (χ2n) is 5.52. The molecule has 2 rings (SSSR count). The zero-order valence-corrected chi connectivity index (χ0v) is 13.1. The molecule has 0 aliphatic rings. The van der Waals surface area contributed by atoms with Gasteiger partial charge in [-0.05, 0) is 19.8 Å². The van der Waals surface area contributed by atoms with Crippen molar-refractivity contribution < 1.29 is 8.94 Å². The van der Waals surface area contributed by atoms with Crippen molar-refractivity contribution in [2.45, 2.75) is 53.4 Å². The van der Waals surface area contributed by atoms with Crippen molar-refractivity contribution in [3.63, 3.8) is 0 Å². The first-order valence-electron chi connectivity index (χ1n) is 6.83. The van der Waals surface area contributed by atoms with E-state index in [0.29, 0.717) is 11.5 Å². The zero-order valence-electron chi connectivity index (χ0n) is 13.1. The molecule has 0 atom stereocenters. The van der Waals surface area contributed by atoms with Crippen molar-refractivity contribution in [3.8, 4) is 0 Å². The van der Waals surface area contributed by atoms with Gasteiger partial charge >= 0.3 is 0 Å². The summed E-state index contributed by atoms with van der Waals surface area (Å²) in [4.78, 5) is 11.4. The van der Waals surface area contributed by atoms with E-state index >= 15 is 0 Å². The molecule has 110 valence electrons. The molecule has 0 saturated heterocycles. The second kappa shape index (κ2) is 7.08. The van der Waals surface area contributed by atoms with Crippen LogP contribution < -0.4 is 5.43 Å². The summed E-state index contributed by atoms with van der Waals surface area (Å²) in [6.45, 7) is 11.8. The van der Waals surface area contributed by atoms with Gasteiger partial charge < -0.3 is 8.94 Å². The molecule has 20 heavy (non-hydrogen) atoms. The second-order valence-corrected chi connectivity index (χ2v) is 5.52. The Morgan fingerprint density at radius 1 is 1.05 bits per heavy atom. The summed E-state index contributed by atoms with van der Waals surface area (Å²) in [5, 5.41) is 3.76. The van der Waals surface area contributed by atoms with Crippen LogP contribution in [0.2, 0.25) is 0 Å². The predicted octanol–water partition coefficient (Wildman–Crippen LogP) is 4.18. The van der Waals surface area contributed by atoms with Crippen LogP contribution >= 0.6 is 0 Å². The van der Waals surface area contributed by atoms with Gasteiger partial charge in [-0.3, -0.25) is 4.79 Å². The number of aryl methyl sites for hydroxylation is 2. The van der Waals surface area contributed by atoms with E-state index in [-0.39, 0.29) is 11.3 Å². The molecule has 0 amide bonds. The van der Waals surface area contributed by atoms with Gasteiger partial charge in [0.15, 0.2) is 5.43 Å². The Kier molecular flexibility index (Phi) is 5.74. The highest BCUT2D eigenvalue weighted by Crippen LogP contribution is 2.13. The Morgan fingerprint density at radius 3 is 2.05 bits per heavy atom. The Hall–Kier alpha value is -1.84. The highest BCUT2D eigenvalue weighted by Gasteiger charge is 2.06. The molecular formula is C16H23NO3. The van der Waals surface area contributed by atoms with Crippen LogP contribution in [0.15, 0.2) is 32.3 Å². The topological polar surface area (TPSA) is 56.2 Å². The van der Waals surface area contributed by atoms with Gasteiger partial charge in [-0.25, -0.2) is 0 Å². The minimum Gasteiger partial charge on any atom is -0.472 e. The van der Waals surface area contributed by atoms with E-state index in [0.717, 1.165) is 17.0 Å². The Bertz CT molecular complexity index is 594. The molecule has 0 radical (unpaired) electrons. The SMILES string of the molecule is Cc1cc(C(C)C)on1.Cc1cocc(C(C)C)c1=O. The lowest BCUT2D eigenvalue weighted by Crippen LogP contribution is -2.11. The molecule has 0 spiro atoms. The summed E-state index contributed by atoms with van der Waals surface area (Å²) in [5.41, 5.74) is 2.49. The van der Waals surface area contributed by atoms with Crippen molar-refractivity contribution in [2.24, 2.45) is 0 Å². The summed E-state index contributed by atoms with van der Waals surface area (Å²) >= 11 is 0. The molecule has 0 unspecified atom stereocenters. The van der Waals surface area contributed by atoms with E-state index in [1.165, 1.54) is 12.5 Å². The Balaban J connectivity index is 0.000000204. The highest BCUT2D eigenvalue weighted by molar-refractivity contribution is 5.17. The van der Waals surface area contributed by atoms with Crippen molar-refractivity contribution in [2.75, 3.05) is 0 Å². The van der Waals surface area contributed by atoms with Gasteiger partial charge in [0.2, 0.25) is 0 Å². The van der Waals surface area contributed by atoms with Crippen LogP contribution in [0.4, 0.5) is 0 Å². The number of nitrogens with zero attached hydrogens (tertiary/aromatic N) is 1. The molecule has 4 nitrogen and oxygen atoms in total. The van der Waals surface area contributed by atoms with E-state index < -0.39 is 0 Å². The highest BCUT2D eigenvalue weighted by atomic mass is 16.5. The molecule has 2 aromatic heterocycles. The lowest BCUT2D eigenvalue weighted by atomic mass is 10.0. The standard InChI is InChI=1S/C9H12O2.C7H11NO/c1-6(2)8-5-11-4-7(3)9(8)10;1-5(2)7-4-6(3)8-9-7/h4-6H,1-3H3;4-5H,1-3H3. The van der Waals surface area contributed by atoms with Crippen LogP contribution in [0.1, 0.15) is 62.1 Å². The molecule has 0 N–H and O–H groups in total. The third kappa shape index (κ3) is 4.37. The quantitative estimate of drug-likeness (QED) is 0.826. The largest absolute Gasteiger partial charge is 0.472 e. The maximum Gasteiger partial charge on any atom is 0.191 e. The van der Waals surface area contributed by atoms with E-state index in [9.17, 15) is 4.79 Å². The third-order valence-electron chi connectivity index (χ3n) is 2.90. The molecule has 4 heteroatoms. The van der Waals surface area contributed by atoms with Crippen LogP contribution in [-0.2, 0) is 0 Å². The lowest BCUT2D eigenvalue weighted by Gasteiger charge is -2.02. The summed E-state index contributed by atoms with van der Waals surface area (Å²) in [6, 6.07) is 1.96. The number of hydrogen-bond acceptors (Lipinski definition) is 4. The summed E-state index contributed by atoms with van der Waals surface area (Å²) in [6.07, 6.45) is 3.01. The molecule has 0 aliphatic heterocycles. The van der Waals surface area contributed by atoms with Gasteiger partial charge in [-0.1, -0.05) is 32.9 Å². The van der Waals surface area contributed by atoms with E-state index in [2.05, 4.69) is 19.0 Å². The molecule has 2 aromatic rings. The molecule has 2 heterocycles. The van der Waals surface area contributed by atoms with Crippen LogP contribution in [0, 0.1) is 13.8 Å². The van der Waals surface area contributed by atoms with Crippen molar-refractivity contribution >= 4 is 0 Å². The molecular weight excluding hydrogens is 254 g/mol. The molecule has 0 saturated carbocycles. The first kappa shape index (κ1) is 16.2. The maximum absolute atomic E-state index is 11.4. The Labute approximate surface area is 119 Å². The lowest BCUT2D eigenvalue weighted by molar-refractivity contribution is 0.368. The van der Waals surface area contributed by atoms with Gasteiger partial charge in [0.1, 0.15) is 5.76 Å². The van der Waals surface area contributed by atoms with E-state index in [4.69, 9.17) is 8.94 Å². The van der Waals surface area contributed by atoms with Crippen LogP contribution in [-0.4, -0.2) is 5.16 Å². The van der Waals surface area contributed by atoms with E-state index in [1.54, 1.807) is 6.92 Å². The van der Waals surface area contributed by atoms with Crippen LogP contribution in [0.5, 0.6) is 0 Å². The van der Waals surface area contributed by atoms with Gasteiger partial charge in [-0.15, -0.1) is 0 Å². The first-order chi connectivity index (χ1) is 9.32. The van der Waals surface area contributed by atoms with Crippen molar-refractivity contribution in [1.82, 2.24) is 5.16 Å². The average Bonchev–Trinajstić information content (AvgIpc) is 2.80. The fourth-order valence-electron chi connectivity index (χ4n) is 1.60. The van der Waals surface area contributed by atoms with Crippen LogP contribution in [0.25, 0.3) is 0 Å². The number of hydrogen-bond donors (Lipinski definition) is 0. The molecule has 0 aromatic carbocycles. The van der Waals surface area contributed by atoms with Crippen LogP contribution in [0.3, 0.4) is 0 Å². The smallest absolute Gasteiger partial charge is 0.191 e. The maximum atomic E-state index is 11.4. The van der Waals surface area contributed by atoms with Gasteiger partial charge in [0.25, 0.3) is 0 Å². The van der Waals surface area contributed by atoms with Gasteiger partial charge in [-0.2, -0.15) is 0 Å². The summed E-state index contributed by atoms with van der Waals surface area (Å²) < 4.78 is 9.96. The predicted molar refractivity (Wildman–Crippen MR) is 79.1 cm³/mol. The molecule has 0 fully saturated rings. The fraction of sp³-hybridized carbons (Fsp3) is 0.500. The fourth-order valence-corrected chi connectivity index (χ4v) is 1.60. The van der Waals surface area contributed by atoms with Crippen molar-refractivity contribution in [3.05, 3.63) is 51.4 Å². The van der Waals surface area contributed by atoms with Gasteiger partial charge in [0.05, 0.1) is 18.2 Å².